The van der Waals surface area contributed by atoms with Crippen LogP contribution in [0.15, 0.2) is 42.6 Å². The summed E-state index contributed by atoms with van der Waals surface area (Å²) in [6.45, 7) is 3.85. The number of carbonyl (C=O) groups is 1. The number of nitrogens with one attached hydrogen (secondary N) is 2. The van der Waals surface area contributed by atoms with E-state index in [0.29, 0.717) is 23.9 Å². The molecule has 3 heterocycles. The molecule has 1 amide bonds. The lowest BCUT2D eigenvalue weighted by molar-refractivity contribution is 0.0944. The molecule has 10 nitrogen and oxygen atoms in total. The Hall–Kier alpha value is -3.81. The number of nitrogens with zero attached hydrogens (tertiary/aromatic N) is 6. The molecule has 1 aliphatic heterocycles. The topological polar surface area (TPSA) is 119 Å². The van der Waals surface area contributed by atoms with E-state index in [1.54, 1.807) is 12.1 Å². The van der Waals surface area contributed by atoms with Crippen LogP contribution < -0.4 is 15.5 Å². The number of rotatable bonds is 7. The number of hydrogen-bond acceptors (Lipinski definition) is 9. The van der Waals surface area contributed by atoms with E-state index in [4.69, 9.17) is 11.5 Å². The third kappa shape index (κ3) is 5.91. The minimum Gasteiger partial charge on any atom is -0.395 e. The molecule has 0 spiro atoms. The van der Waals surface area contributed by atoms with Gasteiger partial charge in [-0.3, -0.25) is 9.69 Å². The monoisotopic (exact) mass is 446 g/mol. The quantitative estimate of drug-likeness (QED) is 0.529. The van der Waals surface area contributed by atoms with E-state index >= 15 is 0 Å². The number of anilines is 3. The Morgan fingerprint density at radius 2 is 2.03 bits per heavy atom. The van der Waals surface area contributed by atoms with Gasteiger partial charge in [-0.05, 0) is 24.5 Å². The van der Waals surface area contributed by atoms with Gasteiger partial charge in [0, 0.05) is 38.9 Å². The van der Waals surface area contributed by atoms with Crippen LogP contribution >= 0.6 is 0 Å². The number of pyridine rings is 1. The van der Waals surface area contributed by atoms with Crippen LogP contribution in [0.1, 0.15) is 22.6 Å². The smallest absolute Gasteiger partial charge is 0.253 e. The molecule has 1 atom stereocenters. The fraction of sp³-hybridized carbons (Fsp3) is 0.348. The van der Waals surface area contributed by atoms with E-state index in [-0.39, 0.29) is 30.3 Å². The number of aliphatic hydroxyl groups is 1. The number of aromatic nitrogens is 4. The molecule has 0 saturated carbocycles. The molecule has 1 saturated heterocycles. The zero-order chi connectivity index (χ0) is 23.0. The van der Waals surface area contributed by atoms with E-state index in [2.05, 4.69) is 41.4 Å². The first kappa shape index (κ1) is 22.4. The molecule has 0 radical (unpaired) electrons. The number of piperazine rings is 1. The van der Waals surface area contributed by atoms with Gasteiger partial charge < -0.3 is 20.6 Å². The van der Waals surface area contributed by atoms with Crippen LogP contribution in [0, 0.1) is 12.3 Å². The zero-order valence-electron chi connectivity index (χ0n) is 18.2. The second kappa shape index (κ2) is 10.7. The Balaban J connectivity index is 1.41. The van der Waals surface area contributed by atoms with Crippen molar-refractivity contribution >= 4 is 23.6 Å². The number of carbonyl (C=O) groups excluding carboxylic acids is 1. The summed E-state index contributed by atoms with van der Waals surface area (Å²) in [6, 6.07) is 3.37. The van der Waals surface area contributed by atoms with Crippen molar-refractivity contribution in [2.45, 2.75) is 12.5 Å². The second-order valence-electron chi connectivity index (χ2n) is 7.67. The van der Waals surface area contributed by atoms with Crippen LogP contribution in [-0.2, 0) is 0 Å². The average Bonchev–Trinajstić information content (AvgIpc) is 2.85. The van der Waals surface area contributed by atoms with Gasteiger partial charge >= 0.3 is 0 Å². The lowest BCUT2D eigenvalue weighted by atomic mass is 10.1. The lowest BCUT2D eigenvalue weighted by Crippen LogP contribution is -2.47. The molecular weight excluding hydrogens is 420 g/mol. The summed E-state index contributed by atoms with van der Waals surface area (Å²) < 4.78 is 0. The molecule has 3 N–H and O–H groups in total. The summed E-state index contributed by atoms with van der Waals surface area (Å²) in [5.74, 6) is 3.78. The Kier molecular flexibility index (Phi) is 7.24. The number of β-amino-alcohol motifs (C(OH)–C–C–N with tert-alkyl or cyclic N) is 1. The molecule has 1 unspecified atom stereocenters. The highest BCUT2D eigenvalue weighted by Gasteiger charge is 2.20. The van der Waals surface area contributed by atoms with E-state index in [0.717, 1.165) is 32.6 Å². The van der Waals surface area contributed by atoms with Crippen molar-refractivity contribution in [2.24, 2.45) is 0 Å². The van der Waals surface area contributed by atoms with Gasteiger partial charge in [0.1, 0.15) is 5.82 Å². The second-order valence-corrected chi connectivity index (χ2v) is 7.67. The summed E-state index contributed by atoms with van der Waals surface area (Å²) in [6.07, 6.45) is 15.7. The predicted octanol–water partition coefficient (Wildman–Crippen LogP) is 0.720. The third-order valence-corrected chi connectivity index (χ3v) is 5.39. The molecular formula is C23H26N8O2. The standard InChI is InChI=1S/C23H26N8O2/c1-2-19-26-22(29-23(28-19)31-12-10-30(11-13-31)14-15-32)27-20-9-8-17(16-24-20)21(33)25-18-6-4-3-5-7-18/h1,3-6,8-9,16,18,32H,7,10-15H2,(H,25,33)(H,24,26,27,28,29). The van der Waals surface area contributed by atoms with Crippen molar-refractivity contribution < 1.29 is 9.90 Å². The fourth-order valence-electron chi connectivity index (χ4n) is 3.60. The van der Waals surface area contributed by atoms with E-state index in [9.17, 15) is 4.79 Å². The number of aliphatic hydroxyl groups excluding tert-OH is 1. The first-order valence-electron chi connectivity index (χ1n) is 10.8. The van der Waals surface area contributed by atoms with E-state index < -0.39 is 0 Å². The van der Waals surface area contributed by atoms with Gasteiger partial charge in [-0.25, -0.2) is 4.98 Å². The predicted molar refractivity (Wildman–Crippen MR) is 125 cm³/mol. The SMILES string of the molecule is C#Cc1nc(Nc2ccc(C(=O)NC3C=CC=CC3)cn2)nc(N2CCN(CCO)CC2)n1. The summed E-state index contributed by atoms with van der Waals surface area (Å²) in [5, 5.41) is 15.1. The number of hydrogen-bond donors (Lipinski definition) is 3. The van der Waals surface area contributed by atoms with Crippen molar-refractivity contribution in [3.63, 3.8) is 0 Å². The zero-order valence-corrected chi connectivity index (χ0v) is 18.2. The maximum atomic E-state index is 12.4. The van der Waals surface area contributed by atoms with E-state index in [1.807, 2.05) is 29.2 Å². The first-order valence-corrected chi connectivity index (χ1v) is 10.8. The van der Waals surface area contributed by atoms with Crippen LogP contribution in [0.25, 0.3) is 0 Å². The average molecular weight is 447 g/mol. The Morgan fingerprint density at radius 1 is 1.18 bits per heavy atom. The third-order valence-electron chi connectivity index (χ3n) is 5.39. The molecule has 4 rings (SSSR count). The van der Waals surface area contributed by atoms with Crippen LogP contribution in [0.2, 0.25) is 0 Å². The number of allylic oxidation sites excluding steroid dienone is 2. The molecule has 10 heteroatoms. The van der Waals surface area contributed by atoms with Crippen LogP contribution in [0.3, 0.4) is 0 Å². The van der Waals surface area contributed by atoms with Crippen molar-refractivity contribution in [1.29, 1.82) is 0 Å². The fourth-order valence-corrected chi connectivity index (χ4v) is 3.60. The van der Waals surface area contributed by atoms with Crippen LogP contribution in [-0.4, -0.2) is 81.2 Å². The van der Waals surface area contributed by atoms with Crippen LogP contribution in [0.4, 0.5) is 17.7 Å². The van der Waals surface area contributed by atoms with Gasteiger partial charge in [0.25, 0.3) is 5.91 Å². The Labute approximate surface area is 192 Å². The molecule has 1 aliphatic carbocycles. The molecule has 0 aromatic carbocycles. The van der Waals surface area contributed by atoms with Crippen molar-refractivity contribution in [1.82, 2.24) is 30.2 Å². The normalized spacial score (nSPS) is 18.1. The van der Waals surface area contributed by atoms with Gasteiger partial charge in [0.2, 0.25) is 17.7 Å². The highest BCUT2D eigenvalue weighted by molar-refractivity contribution is 5.94. The first-order chi connectivity index (χ1) is 16.1. The Bertz CT molecular complexity index is 1070. The largest absolute Gasteiger partial charge is 0.395 e. The summed E-state index contributed by atoms with van der Waals surface area (Å²) in [4.78, 5) is 34.1. The van der Waals surface area contributed by atoms with Gasteiger partial charge in [-0.15, -0.1) is 6.42 Å². The minimum atomic E-state index is -0.184. The molecule has 170 valence electrons. The van der Waals surface area contributed by atoms with Gasteiger partial charge in [0.05, 0.1) is 18.2 Å². The molecule has 0 bridgehead atoms. The van der Waals surface area contributed by atoms with E-state index in [1.165, 1.54) is 6.20 Å². The molecule has 33 heavy (non-hydrogen) atoms. The molecule has 2 aromatic heterocycles. The molecule has 2 aromatic rings. The number of amides is 1. The minimum absolute atomic E-state index is 0.0170. The molecule has 1 fully saturated rings. The van der Waals surface area contributed by atoms with Gasteiger partial charge in [0.15, 0.2) is 0 Å². The van der Waals surface area contributed by atoms with Crippen molar-refractivity contribution in [3.05, 3.63) is 54.0 Å². The summed E-state index contributed by atoms with van der Waals surface area (Å²) in [5.41, 5.74) is 0.463. The highest BCUT2D eigenvalue weighted by Crippen LogP contribution is 2.17. The lowest BCUT2D eigenvalue weighted by Gasteiger charge is -2.34. The van der Waals surface area contributed by atoms with Gasteiger partial charge in [-0.1, -0.05) is 24.3 Å². The Morgan fingerprint density at radius 3 is 2.70 bits per heavy atom. The van der Waals surface area contributed by atoms with Crippen LogP contribution in [0.5, 0.6) is 0 Å². The maximum absolute atomic E-state index is 12.4. The van der Waals surface area contributed by atoms with Crippen molar-refractivity contribution in [2.75, 3.05) is 49.5 Å². The summed E-state index contributed by atoms with van der Waals surface area (Å²) in [7, 11) is 0. The number of terminal acetylenes is 1. The maximum Gasteiger partial charge on any atom is 0.253 e. The van der Waals surface area contributed by atoms with Gasteiger partial charge in [-0.2, -0.15) is 15.0 Å². The molecule has 2 aliphatic rings. The highest BCUT2D eigenvalue weighted by atomic mass is 16.3. The summed E-state index contributed by atoms with van der Waals surface area (Å²) >= 11 is 0. The van der Waals surface area contributed by atoms with Crippen molar-refractivity contribution in [3.8, 4) is 12.3 Å².